The number of pyridine rings is 1. The summed E-state index contributed by atoms with van der Waals surface area (Å²) in [5.41, 5.74) is 4.66. The number of aromatic nitrogens is 2. The maximum absolute atomic E-state index is 13.1. The highest BCUT2D eigenvalue weighted by Gasteiger charge is 2.14. The summed E-state index contributed by atoms with van der Waals surface area (Å²) >= 11 is 3.54. The predicted octanol–water partition coefficient (Wildman–Crippen LogP) is 5.04. The highest BCUT2D eigenvalue weighted by atomic mass is 79.9. The van der Waals surface area contributed by atoms with E-state index in [1.165, 1.54) is 12.1 Å². The van der Waals surface area contributed by atoms with Crippen LogP contribution in [-0.4, -0.2) is 4.98 Å². The van der Waals surface area contributed by atoms with Crippen LogP contribution >= 0.6 is 15.9 Å². The Balaban J connectivity index is 1.71. The molecule has 0 bridgehead atoms. The molecule has 124 valence electrons. The Bertz CT molecular complexity index is 1060. The predicted molar refractivity (Wildman–Crippen MR) is 97.6 cm³/mol. The molecule has 0 N–H and O–H groups in total. The van der Waals surface area contributed by atoms with Crippen LogP contribution < -0.4 is 4.57 Å². The lowest BCUT2D eigenvalue weighted by atomic mass is 10.2. The van der Waals surface area contributed by atoms with E-state index < -0.39 is 0 Å². The molecule has 0 unspecified atom stereocenters. The fourth-order valence-electron chi connectivity index (χ4n) is 2.77. The van der Waals surface area contributed by atoms with Crippen LogP contribution in [0.3, 0.4) is 0 Å². The summed E-state index contributed by atoms with van der Waals surface area (Å²) in [4.78, 5) is 4.59. The van der Waals surface area contributed by atoms with Crippen LogP contribution in [0, 0.1) is 12.7 Å². The minimum Gasteiger partial charge on any atom is -0.436 e. The Morgan fingerprint density at radius 2 is 1.88 bits per heavy atom. The summed E-state index contributed by atoms with van der Waals surface area (Å²) in [6.07, 6.45) is 3.95. The van der Waals surface area contributed by atoms with Crippen LogP contribution in [0.15, 0.2) is 69.8 Å². The minimum absolute atomic E-state index is 0.231. The molecule has 0 fully saturated rings. The molecule has 0 saturated heterocycles. The average molecular weight is 398 g/mol. The van der Waals surface area contributed by atoms with Gasteiger partial charge in [-0.15, -0.1) is 0 Å². The van der Waals surface area contributed by atoms with Gasteiger partial charge in [0.2, 0.25) is 5.89 Å². The number of rotatable bonds is 3. The molecule has 25 heavy (non-hydrogen) atoms. The van der Waals surface area contributed by atoms with Crippen molar-refractivity contribution in [2.75, 3.05) is 0 Å². The van der Waals surface area contributed by atoms with Gasteiger partial charge in [-0.2, -0.15) is 4.57 Å². The molecule has 5 heteroatoms. The maximum Gasteiger partial charge on any atom is 0.233 e. The first-order chi connectivity index (χ1) is 12.1. The van der Waals surface area contributed by atoms with Crippen LogP contribution in [0.1, 0.15) is 11.1 Å². The molecule has 4 aromatic rings. The van der Waals surface area contributed by atoms with E-state index in [1.807, 2.05) is 48.1 Å². The molecule has 0 aliphatic heterocycles. The average Bonchev–Trinajstić information content (AvgIpc) is 3.00. The molecular formula is C20H15BrFN2O+. The molecule has 0 amide bonds. The molecule has 2 heterocycles. The van der Waals surface area contributed by atoms with Crippen LogP contribution in [0.2, 0.25) is 0 Å². The molecule has 0 aliphatic carbocycles. The van der Waals surface area contributed by atoms with Crippen molar-refractivity contribution in [3.05, 3.63) is 82.3 Å². The monoisotopic (exact) mass is 397 g/mol. The highest BCUT2D eigenvalue weighted by Crippen LogP contribution is 2.25. The van der Waals surface area contributed by atoms with Crippen molar-refractivity contribution in [3.8, 4) is 11.5 Å². The minimum atomic E-state index is -0.231. The molecule has 0 atom stereocenters. The third kappa shape index (κ3) is 3.46. The van der Waals surface area contributed by atoms with Gasteiger partial charge in [-0.1, -0.05) is 6.07 Å². The zero-order valence-corrected chi connectivity index (χ0v) is 15.1. The van der Waals surface area contributed by atoms with Gasteiger partial charge in [0.1, 0.15) is 16.9 Å². The summed E-state index contributed by atoms with van der Waals surface area (Å²) < 4.78 is 21.9. The topological polar surface area (TPSA) is 29.9 Å². The Morgan fingerprint density at radius 3 is 2.68 bits per heavy atom. The molecule has 4 rings (SSSR count). The van der Waals surface area contributed by atoms with E-state index in [0.717, 1.165) is 32.3 Å². The van der Waals surface area contributed by atoms with Crippen LogP contribution in [-0.2, 0) is 6.54 Å². The number of benzene rings is 2. The second-order valence-corrected chi connectivity index (χ2v) is 6.95. The normalized spacial score (nSPS) is 11.2. The largest absolute Gasteiger partial charge is 0.436 e. The summed E-state index contributed by atoms with van der Waals surface area (Å²) in [5.74, 6) is 0.347. The Morgan fingerprint density at radius 1 is 1.08 bits per heavy atom. The van der Waals surface area contributed by atoms with E-state index in [4.69, 9.17) is 4.42 Å². The summed E-state index contributed by atoms with van der Waals surface area (Å²) in [5, 5.41) is 0. The van der Waals surface area contributed by atoms with Crippen LogP contribution in [0.5, 0.6) is 0 Å². The number of fused-ring (bicyclic) bond motifs is 1. The molecule has 2 aromatic carbocycles. The summed E-state index contributed by atoms with van der Waals surface area (Å²) in [6.45, 7) is 2.66. The lowest BCUT2D eigenvalue weighted by molar-refractivity contribution is -0.688. The van der Waals surface area contributed by atoms with Crippen molar-refractivity contribution < 1.29 is 13.4 Å². The van der Waals surface area contributed by atoms with Gasteiger partial charge in [-0.05, 0) is 70.9 Å². The number of nitrogens with zero attached hydrogens (tertiary/aromatic N) is 2. The fraction of sp³-hybridized carbons (Fsp3) is 0.100. The van der Waals surface area contributed by atoms with E-state index in [9.17, 15) is 4.39 Å². The van der Waals surface area contributed by atoms with Crippen molar-refractivity contribution in [1.29, 1.82) is 0 Å². The number of hydrogen-bond donors (Lipinski definition) is 0. The SMILES string of the molecule is Cc1ccc2oc(-c3cc(Br)c[n+](Cc4ccc(F)cc4)c3)nc2c1. The van der Waals surface area contributed by atoms with Gasteiger partial charge < -0.3 is 4.42 Å². The Kier molecular flexibility index (Phi) is 4.09. The van der Waals surface area contributed by atoms with E-state index in [-0.39, 0.29) is 5.82 Å². The first-order valence-corrected chi connectivity index (χ1v) is 8.68. The second-order valence-electron chi connectivity index (χ2n) is 6.03. The van der Waals surface area contributed by atoms with Crippen molar-refractivity contribution >= 4 is 27.0 Å². The Hall–Kier alpha value is -2.53. The smallest absolute Gasteiger partial charge is 0.233 e. The van der Waals surface area contributed by atoms with Gasteiger partial charge in [0.05, 0.1) is 4.47 Å². The van der Waals surface area contributed by atoms with Gasteiger partial charge in [0.25, 0.3) is 0 Å². The van der Waals surface area contributed by atoms with Crippen molar-refractivity contribution in [3.63, 3.8) is 0 Å². The number of aryl methyl sites for hydroxylation is 1. The van der Waals surface area contributed by atoms with Crippen LogP contribution in [0.25, 0.3) is 22.6 Å². The zero-order valence-electron chi connectivity index (χ0n) is 13.5. The lowest BCUT2D eigenvalue weighted by Gasteiger charge is -2.01. The molecule has 0 spiro atoms. The molecule has 2 aromatic heterocycles. The second kappa shape index (κ2) is 6.41. The Labute approximate surface area is 152 Å². The van der Waals surface area contributed by atoms with Crippen LogP contribution in [0.4, 0.5) is 4.39 Å². The number of hydrogen-bond acceptors (Lipinski definition) is 2. The van der Waals surface area contributed by atoms with Gasteiger partial charge in [-0.3, -0.25) is 0 Å². The van der Waals surface area contributed by atoms with Gasteiger partial charge in [-0.25, -0.2) is 9.37 Å². The van der Waals surface area contributed by atoms with Gasteiger partial charge >= 0.3 is 0 Å². The van der Waals surface area contributed by atoms with E-state index in [1.54, 1.807) is 12.1 Å². The lowest BCUT2D eigenvalue weighted by Crippen LogP contribution is -2.33. The number of oxazole rings is 1. The molecular weight excluding hydrogens is 383 g/mol. The molecule has 0 radical (unpaired) electrons. The molecule has 3 nitrogen and oxygen atoms in total. The summed E-state index contributed by atoms with van der Waals surface area (Å²) in [6, 6.07) is 14.4. The standard InChI is InChI=1S/C20H15BrFN2O/c1-13-2-7-19-18(8-13)23-20(25-19)15-9-16(21)12-24(11-15)10-14-3-5-17(22)6-4-14/h2-9,11-12H,10H2,1H3/q+1. The quantitative estimate of drug-likeness (QED) is 0.453. The first kappa shape index (κ1) is 16.0. The molecule has 0 aliphatic rings. The van der Waals surface area contributed by atoms with Crippen molar-refractivity contribution in [1.82, 2.24) is 4.98 Å². The molecule has 0 saturated carbocycles. The number of halogens is 2. The van der Waals surface area contributed by atoms with Crippen molar-refractivity contribution in [2.24, 2.45) is 0 Å². The van der Waals surface area contributed by atoms with Gasteiger partial charge in [0.15, 0.2) is 24.5 Å². The third-order valence-corrected chi connectivity index (χ3v) is 4.39. The first-order valence-electron chi connectivity index (χ1n) is 7.88. The third-order valence-electron chi connectivity index (χ3n) is 3.96. The zero-order chi connectivity index (χ0) is 17.4. The fourth-order valence-corrected chi connectivity index (χ4v) is 3.28. The van der Waals surface area contributed by atoms with E-state index >= 15 is 0 Å². The summed E-state index contributed by atoms with van der Waals surface area (Å²) in [7, 11) is 0. The van der Waals surface area contributed by atoms with Gasteiger partial charge in [0, 0.05) is 5.56 Å². The van der Waals surface area contributed by atoms with Crippen molar-refractivity contribution in [2.45, 2.75) is 13.5 Å². The van der Waals surface area contributed by atoms with E-state index in [0.29, 0.717) is 12.4 Å². The van der Waals surface area contributed by atoms with E-state index in [2.05, 4.69) is 20.9 Å². The maximum atomic E-state index is 13.1. The highest BCUT2D eigenvalue weighted by molar-refractivity contribution is 9.10.